The van der Waals surface area contributed by atoms with Crippen LogP contribution in [0.2, 0.25) is 0 Å². The lowest BCUT2D eigenvalue weighted by atomic mass is 9.54. The Morgan fingerprint density at radius 3 is 2.36 bits per heavy atom. The zero-order valence-corrected chi connectivity index (χ0v) is 16.8. The topological polar surface area (TPSA) is 45.7 Å². The van der Waals surface area contributed by atoms with Crippen LogP contribution < -0.4 is 0 Å². The van der Waals surface area contributed by atoms with E-state index in [2.05, 4.69) is 9.80 Å². The van der Waals surface area contributed by atoms with E-state index in [9.17, 15) is 0 Å². The van der Waals surface area contributed by atoms with Gasteiger partial charge in [-0.25, -0.2) is 4.98 Å². The Morgan fingerprint density at radius 2 is 1.71 bits per heavy atom. The summed E-state index contributed by atoms with van der Waals surface area (Å²) in [6.07, 6.45) is 9.29. The standard InChI is InChI=1S/C23H31N3O2/c1-15-20(24-23(28-15)21-3-2-8-27-21)14-25-4-6-26(7-5-25)22-18-10-16-9-17(12-18)13-19(22)11-16/h2-3,8,16-19,22H,4-7,9-14H2,1H3. The number of aromatic nitrogens is 1. The monoisotopic (exact) mass is 381 g/mol. The lowest BCUT2D eigenvalue weighted by molar-refractivity contribution is -0.0769. The predicted molar refractivity (Wildman–Crippen MR) is 107 cm³/mol. The fourth-order valence-corrected chi connectivity index (χ4v) is 7.00. The normalized spacial score (nSPS) is 35.7. The molecule has 0 spiro atoms. The van der Waals surface area contributed by atoms with Crippen LogP contribution in [0.25, 0.3) is 11.7 Å². The van der Waals surface area contributed by atoms with Gasteiger partial charge in [0.05, 0.1) is 12.0 Å². The van der Waals surface area contributed by atoms with Gasteiger partial charge >= 0.3 is 0 Å². The van der Waals surface area contributed by atoms with Crippen molar-refractivity contribution in [3.63, 3.8) is 0 Å². The minimum atomic E-state index is 0.602. The summed E-state index contributed by atoms with van der Waals surface area (Å²) in [7, 11) is 0. The highest BCUT2D eigenvalue weighted by Gasteiger charge is 2.50. The van der Waals surface area contributed by atoms with Crippen LogP contribution >= 0.6 is 0 Å². The number of nitrogens with zero attached hydrogens (tertiary/aromatic N) is 3. The van der Waals surface area contributed by atoms with Gasteiger partial charge < -0.3 is 8.83 Å². The van der Waals surface area contributed by atoms with Crippen molar-refractivity contribution < 1.29 is 8.83 Å². The maximum absolute atomic E-state index is 5.84. The summed E-state index contributed by atoms with van der Waals surface area (Å²) in [5, 5.41) is 0. The maximum atomic E-state index is 5.84. The molecule has 0 amide bonds. The van der Waals surface area contributed by atoms with E-state index >= 15 is 0 Å². The zero-order valence-electron chi connectivity index (χ0n) is 16.8. The predicted octanol–water partition coefficient (Wildman–Crippen LogP) is 4.19. The SMILES string of the molecule is Cc1oc(-c2ccco2)nc1CN1CCN(C2C3CC4CC(C3)CC2C4)CC1. The summed E-state index contributed by atoms with van der Waals surface area (Å²) < 4.78 is 11.3. The third-order valence-corrected chi connectivity index (χ3v) is 8.00. The van der Waals surface area contributed by atoms with Gasteiger partial charge in [-0.05, 0) is 74.8 Å². The smallest absolute Gasteiger partial charge is 0.263 e. The van der Waals surface area contributed by atoms with E-state index < -0.39 is 0 Å². The van der Waals surface area contributed by atoms with Crippen LogP contribution in [-0.2, 0) is 6.54 Å². The van der Waals surface area contributed by atoms with Crippen molar-refractivity contribution in [2.45, 2.75) is 51.6 Å². The molecule has 3 heterocycles. The molecular formula is C23H31N3O2. The lowest BCUT2D eigenvalue weighted by Crippen LogP contribution is -2.60. The number of oxazole rings is 1. The molecule has 0 N–H and O–H groups in total. The first-order valence-electron chi connectivity index (χ1n) is 11.2. The van der Waals surface area contributed by atoms with Crippen molar-refractivity contribution in [3.8, 4) is 11.7 Å². The van der Waals surface area contributed by atoms with Crippen LogP contribution in [0.1, 0.15) is 43.6 Å². The molecule has 28 heavy (non-hydrogen) atoms. The number of piperazine rings is 1. The molecule has 0 aromatic carbocycles. The Labute approximate surface area is 167 Å². The molecule has 5 fully saturated rings. The van der Waals surface area contributed by atoms with Gasteiger partial charge in [-0.1, -0.05) is 0 Å². The van der Waals surface area contributed by atoms with Gasteiger partial charge in [-0.3, -0.25) is 9.80 Å². The van der Waals surface area contributed by atoms with Crippen molar-refractivity contribution in [1.29, 1.82) is 0 Å². The van der Waals surface area contributed by atoms with Gasteiger partial charge in [0.15, 0.2) is 5.76 Å². The highest BCUT2D eigenvalue weighted by molar-refractivity contribution is 5.44. The molecule has 5 aliphatic rings. The molecule has 1 aliphatic heterocycles. The molecule has 7 rings (SSSR count). The van der Waals surface area contributed by atoms with E-state index in [-0.39, 0.29) is 0 Å². The second-order valence-corrected chi connectivity index (χ2v) is 9.73. The molecule has 4 bridgehead atoms. The first kappa shape index (κ1) is 17.3. The van der Waals surface area contributed by atoms with E-state index in [1.165, 1.54) is 38.8 Å². The van der Waals surface area contributed by atoms with E-state index in [4.69, 9.17) is 13.8 Å². The van der Waals surface area contributed by atoms with E-state index in [1.807, 2.05) is 19.1 Å². The molecular weight excluding hydrogens is 350 g/mol. The maximum Gasteiger partial charge on any atom is 0.263 e. The third-order valence-electron chi connectivity index (χ3n) is 8.00. The Bertz CT molecular complexity index is 791. The van der Waals surface area contributed by atoms with Crippen LogP contribution in [-0.4, -0.2) is 47.0 Å². The fraction of sp³-hybridized carbons (Fsp3) is 0.696. The summed E-state index contributed by atoms with van der Waals surface area (Å²) in [6.45, 7) is 7.62. The zero-order chi connectivity index (χ0) is 18.7. The molecule has 1 saturated heterocycles. The van der Waals surface area contributed by atoms with Crippen molar-refractivity contribution >= 4 is 0 Å². The van der Waals surface area contributed by atoms with Gasteiger partial charge in [-0.2, -0.15) is 0 Å². The summed E-state index contributed by atoms with van der Waals surface area (Å²) in [6, 6.07) is 4.66. The summed E-state index contributed by atoms with van der Waals surface area (Å²) >= 11 is 0. The second kappa shape index (κ2) is 6.74. The van der Waals surface area contributed by atoms with Crippen LogP contribution in [0.5, 0.6) is 0 Å². The average Bonchev–Trinajstić information content (AvgIpc) is 3.33. The fourth-order valence-electron chi connectivity index (χ4n) is 7.00. The van der Waals surface area contributed by atoms with Gasteiger partial charge in [0.1, 0.15) is 5.76 Å². The summed E-state index contributed by atoms with van der Waals surface area (Å²) in [5.41, 5.74) is 1.05. The Hall–Kier alpha value is -1.59. The van der Waals surface area contributed by atoms with Gasteiger partial charge in [0, 0.05) is 38.8 Å². The van der Waals surface area contributed by atoms with Crippen LogP contribution in [0.4, 0.5) is 0 Å². The number of furan rings is 1. The molecule has 0 unspecified atom stereocenters. The molecule has 4 aliphatic carbocycles. The average molecular weight is 382 g/mol. The first-order valence-corrected chi connectivity index (χ1v) is 11.2. The van der Waals surface area contributed by atoms with Gasteiger partial charge in [-0.15, -0.1) is 0 Å². The quantitative estimate of drug-likeness (QED) is 0.795. The number of rotatable bonds is 4. The highest BCUT2D eigenvalue weighted by Crippen LogP contribution is 2.55. The van der Waals surface area contributed by atoms with Crippen molar-refractivity contribution in [1.82, 2.24) is 14.8 Å². The van der Waals surface area contributed by atoms with E-state index in [1.54, 1.807) is 12.7 Å². The number of hydrogen-bond donors (Lipinski definition) is 0. The Morgan fingerprint density at radius 1 is 1.00 bits per heavy atom. The minimum Gasteiger partial charge on any atom is -0.459 e. The number of hydrogen-bond acceptors (Lipinski definition) is 5. The van der Waals surface area contributed by atoms with Gasteiger partial charge in [0.25, 0.3) is 5.89 Å². The summed E-state index contributed by atoms with van der Waals surface area (Å²) in [5.74, 6) is 6.35. The third kappa shape index (κ3) is 2.94. The minimum absolute atomic E-state index is 0.602. The number of aryl methyl sites for hydroxylation is 1. The van der Waals surface area contributed by atoms with Crippen LogP contribution in [0.15, 0.2) is 27.2 Å². The van der Waals surface area contributed by atoms with Crippen LogP contribution in [0, 0.1) is 30.6 Å². The largest absolute Gasteiger partial charge is 0.459 e. The second-order valence-electron chi connectivity index (χ2n) is 9.73. The molecule has 150 valence electrons. The molecule has 2 aromatic rings. The molecule has 4 saturated carbocycles. The molecule has 0 atom stereocenters. The van der Waals surface area contributed by atoms with Crippen molar-refractivity contribution in [2.24, 2.45) is 23.7 Å². The first-order chi connectivity index (χ1) is 13.7. The Kier molecular flexibility index (Phi) is 4.16. The molecule has 5 nitrogen and oxygen atoms in total. The van der Waals surface area contributed by atoms with Crippen LogP contribution in [0.3, 0.4) is 0 Å². The molecule has 2 aromatic heterocycles. The van der Waals surface area contributed by atoms with E-state index in [0.29, 0.717) is 11.7 Å². The Balaban J connectivity index is 1.09. The summed E-state index contributed by atoms with van der Waals surface area (Å²) in [4.78, 5) is 10.1. The van der Waals surface area contributed by atoms with E-state index in [0.717, 1.165) is 60.8 Å². The van der Waals surface area contributed by atoms with Gasteiger partial charge in [0.2, 0.25) is 0 Å². The highest BCUT2D eigenvalue weighted by atomic mass is 16.4. The molecule has 5 heteroatoms. The van der Waals surface area contributed by atoms with Crippen molar-refractivity contribution in [2.75, 3.05) is 26.2 Å². The van der Waals surface area contributed by atoms with Crippen molar-refractivity contribution in [3.05, 3.63) is 29.9 Å². The lowest BCUT2D eigenvalue weighted by Gasteiger charge is -2.58. The molecule has 0 radical (unpaired) electrons.